The van der Waals surface area contributed by atoms with E-state index in [0.717, 1.165) is 16.6 Å². The molecule has 0 unspecified atom stereocenters. The van der Waals surface area contributed by atoms with Gasteiger partial charge >= 0.3 is 5.97 Å². The van der Waals surface area contributed by atoms with Crippen LogP contribution in [0.4, 0.5) is 0 Å². The van der Waals surface area contributed by atoms with Gasteiger partial charge in [0.05, 0.1) is 0 Å². The minimum Gasteiger partial charge on any atom is -0.482 e. The lowest BCUT2D eigenvalue weighted by Crippen LogP contribution is -2.18. The number of aromatic nitrogens is 1. The van der Waals surface area contributed by atoms with Gasteiger partial charge in [0.2, 0.25) is 0 Å². The molecule has 2 aromatic carbocycles. The molecule has 0 spiro atoms. The molecule has 0 atom stereocenters. The van der Waals surface area contributed by atoms with Crippen molar-refractivity contribution < 1.29 is 14.3 Å². The standard InChI is InChI=1S/C19H17NO3/c1-13-5-3-7-16(11-13)22-12-18(21)23-17-8-4-6-15-10-9-14(2)20-19(15)17/h3-11H,12H2,1-2H3. The molecule has 3 rings (SSSR count). The van der Waals surface area contributed by atoms with Gasteiger partial charge in [-0.1, -0.05) is 30.3 Å². The normalized spacial score (nSPS) is 10.5. The van der Waals surface area contributed by atoms with Gasteiger partial charge in [0.15, 0.2) is 12.4 Å². The van der Waals surface area contributed by atoms with Crippen molar-refractivity contribution in [1.29, 1.82) is 0 Å². The minimum absolute atomic E-state index is 0.147. The number of nitrogens with zero attached hydrogens (tertiary/aromatic N) is 1. The molecule has 116 valence electrons. The van der Waals surface area contributed by atoms with Gasteiger partial charge in [-0.05, 0) is 43.7 Å². The number of rotatable bonds is 4. The SMILES string of the molecule is Cc1cccc(OCC(=O)Oc2cccc3ccc(C)nc23)c1. The third kappa shape index (κ3) is 3.66. The van der Waals surface area contributed by atoms with E-state index in [0.29, 0.717) is 17.0 Å². The summed E-state index contributed by atoms with van der Waals surface area (Å²) in [5, 5.41) is 0.931. The maximum Gasteiger partial charge on any atom is 0.349 e. The van der Waals surface area contributed by atoms with Crippen molar-refractivity contribution in [3.8, 4) is 11.5 Å². The molecule has 23 heavy (non-hydrogen) atoms. The predicted molar refractivity (Wildman–Crippen MR) is 88.8 cm³/mol. The zero-order chi connectivity index (χ0) is 16.2. The Labute approximate surface area is 134 Å². The fourth-order valence-corrected chi connectivity index (χ4v) is 2.30. The molecule has 1 aromatic heterocycles. The number of benzene rings is 2. The largest absolute Gasteiger partial charge is 0.482 e. The first-order chi connectivity index (χ1) is 11.1. The van der Waals surface area contributed by atoms with Crippen LogP contribution in [0.1, 0.15) is 11.3 Å². The summed E-state index contributed by atoms with van der Waals surface area (Å²) in [6.07, 6.45) is 0. The summed E-state index contributed by atoms with van der Waals surface area (Å²) >= 11 is 0. The second-order valence-electron chi connectivity index (χ2n) is 5.36. The first-order valence-corrected chi connectivity index (χ1v) is 7.38. The molecule has 4 nitrogen and oxygen atoms in total. The first-order valence-electron chi connectivity index (χ1n) is 7.38. The lowest BCUT2D eigenvalue weighted by atomic mass is 10.2. The molecule has 0 fully saturated rings. The number of pyridine rings is 1. The topological polar surface area (TPSA) is 48.4 Å². The number of hydrogen-bond acceptors (Lipinski definition) is 4. The second kappa shape index (κ2) is 6.48. The van der Waals surface area contributed by atoms with E-state index < -0.39 is 5.97 Å². The zero-order valence-electron chi connectivity index (χ0n) is 13.1. The summed E-state index contributed by atoms with van der Waals surface area (Å²) < 4.78 is 10.9. The van der Waals surface area contributed by atoms with E-state index in [1.54, 1.807) is 6.07 Å². The van der Waals surface area contributed by atoms with E-state index in [1.807, 2.05) is 62.4 Å². The molecule has 0 bridgehead atoms. The van der Waals surface area contributed by atoms with Crippen LogP contribution in [0, 0.1) is 13.8 Å². The average Bonchev–Trinajstić information content (AvgIpc) is 2.54. The second-order valence-corrected chi connectivity index (χ2v) is 5.36. The molecule has 0 amide bonds. The van der Waals surface area contributed by atoms with E-state index in [4.69, 9.17) is 9.47 Å². The monoisotopic (exact) mass is 307 g/mol. The smallest absolute Gasteiger partial charge is 0.349 e. The van der Waals surface area contributed by atoms with Gasteiger partial charge in [0.1, 0.15) is 11.3 Å². The fraction of sp³-hybridized carbons (Fsp3) is 0.158. The van der Waals surface area contributed by atoms with Crippen LogP contribution in [0.5, 0.6) is 11.5 Å². The third-order valence-electron chi connectivity index (χ3n) is 3.39. The molecule has 0 aliphatic heterocycles. The van der Waals surface area contributed by atoms with Crippen LogP contribution in [0.25, 0.3) is 10.9 Å². The van der Waals surface area contributed by atoms with Gasteiger partial charge in [-0.2, -0.15) is 0 Å². The van der Waals surface area contributed by atoms with Crippen molar-refractivity contribution in [2.75, 3.05) is 6.61 Å². The van der Waals surface area contributed by atoms with Crippen LogP contribution < -0.4 is 9.47 Å². The Kier molecular flexibility index (Phi) is 4.24. The van der Waals surface area contributed by atoms with E-state index >= 15 is 0 Å². The molecule has 4 heteroatoms. The maximum atomic E-state index is 12.0. The molecular weight excluding hydrogens is 290 g/mol. The van der Waals surface area contributed by atoms with Crippen LogP contribution in [-0.4, -0.2) is 17.6 Å². The van der Waals surface area contributed by atoms with Crippen LogP contribution in [0.3, 0.4) is 0 Å². The van der Waals surface area contributed by atoms with Crippen molar-refractivity contribution >= 4 is 16.9 Å². The molecule has 0 radical (unpaired) electrons. The van der Waals surface area contributed by atoms with Crippen molar-refractivity contribution in [3.63, 3.8) is 0 Å². The van der Waals surface area contributed by atoms with Gasteiger partial charge in [-0.15, -0.1) is 0 Å². The number of ether oxygens (including phenoxy) is 2. The van der Waals surface area contributed by atoms with E-state index in [9.17, 15) is 4.79 Å². The van der Waals surface area contributed by atoms with Gasteiger partial charge in [-0.25, -0.2) is 9.78 Å². The number of para-hydroxylation sites is 1. The van der Waals surface area contributed by atoms with E-state index in [1.165, 1.54) is 0 Å². The summed E-state index contributed by atoms with van der Waals surface area (Å²) in [7, 11) is 0. The lowest BCUT2D eigenvalue weighted by molar-refractivity contribution is -0.136. The lowest BCUT2D eigenvalue weighted by Gasteiger charge is -2.09. The quantitative estimate of drug-likeness (QED) is 0.543. The number of aryl methyl sites for hydroxylation is 2. The van der Waals surface area contributed by atoms with Crippen molar-refractivity contribution in [2.45, 2.75) is 13.8 Å². The van der Waals surface area contributed by atoms with Crippen LogP contribution in [0.2, 0.25) is 0 Å². The summed E-state index contributed by atoms with van der Waals surface area (Å²) in [5.74, 6) is 0.639. The zero-order valence-corrected chi connectivity index (χ0v) is 13.1. The van der Waals surface area contributed by atoms with Crippen molar-refractivity contribution in [2.24, 2.45) is 0 Å². The maximum absolute atomic E-state index is 12.0. The van der Waals surface area contributed by atoms with Crippen molar-refractivity contribution in [1.82, 2.24) is 4.98 Å². The van der Waals surface area contributed by atoms with E-state index in [2.05, 4.69) is 4.98 Å². The molecule has 0 saturated carbocycles. The molecular formula is C19H17NO3. The van der Waals surface area contributed by atoms with Crippen LogP contribution >= 0.6 is 0 Å². The van der Waals surface area contributed by atoms with Gasteiger partial charge in [0.25, 0.3) is 0 Å². The molecule has 0 aliphatic carbocycles. The Balaban J connectivity index is 1.72. The Hall–Kier alpha value is -2.88. The number of hydrogen-bond donors (Lipinski definition) is 0. The van der Waals surface area contributed by atoms with Gasteiger partial charge in [0, 0.05) is 11.1 Å². The number of fused-ring (bicyclic) bond motifs is 1. The Morgan fingerprint density at radius 1 is 1.04 bits per heavy atom. The average molecular weight is 307 g/mol. The minimum atomic E-state index is -0.456. The molecule has 0 aliphatic rings. The molecule has 1 heterocycles. The van der Waals surface area contributed by atoms with Crippen molar-refractivity contribution in [3.05, 3.63) is 65.9 Å². The summed E-state index contributed by atoms with van der Waals surface area (Å²) in [4.78, 5) is 16.5. The highest BCUT2D eigenvalue weighted by atomic mass is 16.6. The Bertz CT molecular complexity index is 858. The molecule has 0 saturated heterocycles. The Morgan fingerprint density at radius 3 is 2.70 bits per heavy atom. The van der Waals surface area contributed by atoms with Crippen LogP contribution in [0.15, 0.2) is 54.6 Å². The van der Waals surface area contributed by atoms with Gasteiger partial charge < -0.3 is 9.47 Å². The first kappa shape index (κ1) is 15.0. The van der Waals surface area contributed by atoms with E-state index in [-0.39, 0.29) is 6.61 Å². The number of esters is 1. The predicted octanol–water partition coefficient (Wildman–Crippen LogP) is 3.84. The Morgan fingerprint density at radius 2 is 1.87 bits per heavy atom. The molecule has 3 aromatic rings. The number of carbonyl (C=O) groups is 1. The number of carbonyl (C=O) groups excluding carboxylic acids is 1. The highest BCUT2D eigenvalue weighted by Crippen LogP contribution is 2.24. The van der Waals surface area contributed by atoms with Gasteiger partial charge in [-0.3, -0.25) is 0 Å². The highest BCUT2D eigenvalue weighted by Gasteiger charge is 2.10. The summed E-state index contributed by atoms with van der Waals surface area (Å²) in [6.45, 7) is 3.72. The van der Waals surface area contributed by atoms with Crippen LogP contribution in [-0.2, 0) is 4.79 Å². The summed E-state index contributed by atoms with van der Waals surface area (Å²) in [6, 6.07) is 16.9. The molecule has 0 N–H and O–H groups in total. The highest BCUT2D eigenvalue weighted by molar-refractivity contribution is 5.87. The third-order valence-corrected chi connectivity index (χ3v) is 3.39. The fourth-order valence-electron chi connectivity index (χ4n) is 2.30. The summed E-state index contributed by atoms with van der Waals surface area (Å²) in [5.41, 5.74) is 2.62.